The predicted molar refractivity (Wildman–Crippen MR) is 84.6 cm³/mol. The maximum atomic E-state index is 12.3. The lowest BCUT2D eigenvalue weighted by Crippen LogP contribution is -2.41. The van der Waals surface area contributed by atoms with Crippen LogP contribution in [0.1, 0.15) is 10.6 Å². The fourth-order valence-electron chi connectivity index (χ4n) is 1.91. The molecule has 2 amide bonds. The summed E-state index contributed by atoms with van der Waals surface area (Å²) in [6.07, 6.45) is 2.25. The predicted octanol–water partition coefficient (Wildman–Crippen LogP) is 0.996. The van der Waals surface area contributed by atoms with Crippen LogP contribution in [0, 0.1) is 12.8 Å². The van der Waals surface area contributed by atoms with Crippen molar-refractivity contribution in [1.82, 2.24) is 20.5 Å². The van der Waals surface area contributed by atoms with Crippen LogP contribution in [0.15, 0.2) is 29.8 Å². The van der Waals surface area contributed by atoms with Gasteiger partial charge in [-0.2, -0.15) is 0 Å². The van der Waals surface area contributed by atoms with E-state index < -0.39 is 5.92 Å². The van der Waals surface area contributed by atoms with Gasteiger partial charge in [-0.3, -0.25) is 25.6 Å². The number of hydrogen-bond acceptors (Lipinski definition) is 7. The molecule has 122 valence electrons. The Morgan fingerprint density at radius 2 is 2.35 bits per heavy atom. The second-order valence-electron chi connectivity index (χ2n) is 4.84. The number of nitrogens with one attached hydrogen (secondary N) is 2. The molecule has 0 saturated carbocycles. The number of carbonyl (C=O) groups is 2. The molecule has 0 aromatic carbocycles. The molecular formula is C14H17N5O3S. The molecule has 2 heterocycles. The molecule has 0 radical (unpaired) electrons. The SMILES string of the molecule is Cc1ccnc(NNC(=O)[C@H](Cc2cccs2)CN(O)C=O)n1. The van der Waals surface area contributed by atoms with Crippen molar-refractivity contribution in [2.45, 2.75) is 13.3 Å². The number of carbonyl (C=O) groups excluding carboxylic acids is 2. The molecule has 3 N–H and O–H groups in total. The minimum absolute atomic E-state index is 0.108. The Labute approximate surface area is 137 Å². The van der Waals surface area contributed by atoms with Gasteiger partial charge >= 0.3 is 0 Å². The van der Waals surface area contributed by atoms with Gasteiger partial charge in [0.05, 0.1) is 12.5 Å². The van der Waals surface area contributed by atoms with Gasteiger partial charge in [-0.15, -0.1) is 11.3 Å². The van der Waals surface area contributed by atoms with Crippen molar-refractivity contribution >= 4 is 29.6 Å². The smallest absolute Gasteiger partial charge is 0.243 e. The quantitative estimate of drug-likeness (QED) is 0.377. The summed E-state index contributed by atoms with van der Waals surface area (Å²) in [5.41, 5.74) is 5.89. The van der Waals surface area contributed by atoms with Gasteiger partial charge in [0.25, 0.3) is 0 Å². The molecule has 0 aliphatic rings. The van der Waals surface area contributed by atoms with E-state index in [9.17, 15) is 14.8 Å². The Bertz CT molecular complexity index is 650. The van der Waals surface area contributed by atoms with E-state index >= 15 is 0 Å². The highest BCUT2D eigenvalue weighted by atomic mass is 32.1. The third kappa shape index (κ3) is 5.31. The molecule has 0 unspecified atom stereocenters. The molecule has 0 aliphatic heterocycles. The molecule has 0 aliphatic carbocycles. The lowest BCUT2D eigenvalue weighted by atomic mass is 10.0. The van der Waals surface area contributed by atoms with Gasteiger partial charge < -0.3 is 0 Å². The maximum Gasteiger partial charge on any atom is 0.243 e. The molecule has 0 spiro atoms. The van der Waals surface area contributed by atoms with Gasteiger partial charge in [0, 0.05) is 16.8 Å². The summed E-state index contributed by atoms with van der Waals surface area (Å²) in [4.78, 5) is 32.0. The number of hydrogen-bond donors (Lipinski definition) is 3. The molecule has 8 nitrogen and oxygen atoms in total. The summed E-state index contributed by atoms with van der Waals surface area (Å²) in [6.45, 7) is 1.70. The van der Waals surface area contributed by atoms with Crippen molar-refractivity contribution in [2.75, 3.05) is 12.0 Å². The monoisotopic (exact) mass is 335 g/mol. The van der Waals surface area contributed by atoms with Gasteiger partial charge in [-0.25, -0.2) is 15.0 Å². The van der Waals surface area contributed by atoms with Crippen LogP contribution in [0.5, 0.6) is 0 Å². The topological polar surface area (TPSA) is 107 Å². The van der Waals surface area contributed by atoms with Crippen LogP contribution < -0.4 is 10.9 Å². The zero-order valence-electron chi connectivity index (χ0n) is 12.5. The van der Waals surface area contributed by atoms with Crippen LogP contribution in [0.4, 0.5) is 5.95 Å². The van der Waals surface area contributed by atoms with E-state index in [4.69, 9.17) is 0 Å². The van der Waals surface area contributed by atoms with Gasteiger partial charge in [0.1, 0.15) is 0 Å². The van der Waals surface area contributed by atoms with Crippen molar-refractivity contribution in [3.63, 3.8) is 0 Å². The Morgan fingerprint density at radius 1 is 1.52 bits per heavy atom. The van der Waals surface area contributed by atoms with Crippen LogP contribution in [-0.2, 0) is 16.0 Å². The highest BCUT2D eigenvalue weighted by Gasteiger charge is 2.22. The third-order valence-electron chi connectivity index (χ3n) is 3.02. The summed E-state index contributed by atoms with van der Waals surface area (Å²) < 4.78 is 0. The zero-order chi connectivity index (χ0) is 16.7. The van der Waals surface area contributed by atoms with Crippen molar-refractivity contribution in [1.29, 1.82) is 0 Å². The number of aryl methyl sites for hydroxylation is 1. The highest BCUT2D eigenvalue weighted by Crippen LogP contribution is 2.15. The minimum Gasteiger partial charge on any atom is -0.286 e. The number of anilines is 1. The lowest BCUT2D eigenvalue weighted by Gasteiger charge is -2.19. The summed E-state index contributed by atoms with van der Waals surface area (Å²) in [7, 11) is 0. The average molecular weight is 335 g/mol. The second kappa shape index (κ2) is 8.20. The molecule has 1 atom stereocenters. The van der Waals surface area contributed by atoms with Crippen LogP contribution in [-0.4, -0.2) is 39.1 Å². The number of hydroxylamine groups is 2. The fraction of sp³-hybridized carbons (Fsp3) is 0.286. The Balaban J connectivity index is 1.98. The first-order valence-electron chi connectivity index (χ1n) is 6.87. The maximum absolute atomic E-state index is 12.3. The third-order valence-corrected chi connectivity index (χ3v) is 3.92. The van der Waals surface area contributed by atoms with Crippen molar-refractivity contribution in [2.24, 2.45) is 5.92 Å². The van der Waals surface area contributed by atoms with Crippen LogP contribution in [0.2, 0.25) is 0 Å². The second-order valence-corrected chi connectivity index (χ2v) is 5.88. The van der Waals surface area contributed by atoms with E-state index in [0.29, 0.717) is 11.5 Å². The minimum atomic E-state index is -0.610. The molecule has 0 fully saturated rings. The molecule has 0 bridgehead atoms. The summed E-state index contributed by atoms with van der Waals surface area (Å²) in [5, 5.41) is 11.7. The van der Waals surface area contributed by atoms with Gasteiger partial charge in [-0.05, 0) is 30.9 Å². The Kier molecular flexibility index (Phi) is 6.01. The number of aromatic nitrogens is 2. The number of amides is 2. The summed E-state index contributed by atoms with van der Waals surface area (Å²) >= 11 is 1.51. The number of nitrogens with zero attached hydrogens (tertiary/aromatic N) is 3. The van der Waals surface area contributed by atoms with Crippen molar-refractivity contribution < 1.29 is 14.8 Å². The van der Waals surface area contributed by atoms with Crippen molar-refractivity contribution in [3.8, 4) is 0 Å². The largest absolute Gasteiger partial charge is 0.286 e. The molecule has 23 heavy (non-hydrogen) atoms. The van der Waals surface area contributed by atoms with E-state index in [1.807, 2.05) is 24.4 Å². The van der Waals surface area contributed by atoms with E-state index in [-0.39, 0.29) is 24.8 Å². The average Bonchev–Trinajstić information content (AvgIpc) is 3.05. The zero-order valence-corrected chi connectivity index (χ0v) is 13.3. The van der Waals surface area contributed by atoms with Crippen LogP contribution in [0.3, 0.4) is 0 Å². The van der Waals surface area contributed by atoms with Gasteiger partial charge in [0.15, 0.2) is 0 Å². The molecule has 2 aromatic rings. The molecule has 9 heteroatoms. The molecular weight excluding hydrogens is 318 g/mol. The summed E-state index contributed by atoms with van der Waals surface area (Å²) in [6, 6.07) is 5.51. The van der Waals surface area contributed by atoms with Gasteiger partial charge in [-0.1, -0.05) is 6.07 Å². The van der Waals surface area contributed by atoms with E-state index in [0.717, 1.165) is 10.6 Å². The van der Waals surface area contributed by atoms with Gasteiger partial charge in [0.2, 0.25) is 18.3 Å². The van der Waals surface area contributed by atoms with E-state index in [2.05, 4.69) is 20.8 Å². The lowest BCUT2D eigenvalue weighted by molar-refractivity contribution is -0.154. The van der Waals surface area contributed by atoms with Crippen LogP contribution >= 0.6 is 11.3 Å². The molecule has 0 saturated heterocycles. The normalized spacial score (nSPS) is 11.6. The molecule has 2 rings (SSSR count). The fourth-order valence-corrected chi connectivity index (χ4v) is 2.70. The van der Waals surface area contributed by atoms with Crippen LogP contribution in [0.25, 0.3) is 0 Å². The van der Waals surface area contributed by atoms with Crippen molar-refractivity contribution in [3.05, 3.63) is 40.3 Å². The first-order chi connectivity index (χ1) is 11.1. The summed E-state index contributed by atoms with van der Waals surface area (Å²) in [5.74, 6) is -0.713. The number of thiophene rings is 1. The Hall–Kier alpha value is -2.52. The van der Waals surface area contributed by atoms with E-state index in [1.165, 1.54) is 11.3 Å². The first-order valence-corrected chi connectivity index (χ1v) is 7.75. The highest BCUT2D eigenvalue weighted by molar-refractivity contribution is 7.09. The standard InChI is InChI=1S/C14H17N5O3S/c1-10-4-5-15-14(16-10)18-17-13(21)11(8-19(22)9-20)7-12-3-2-6-23-12/h2-6,9,11,22H,7-8H2,1H3,(H,17,21)(H,15,16,18)/t11-/m1/s1. The number of rotatable bonds is 8. The first kappa shape index (κ1) is 16.8. The van der Waals surface area contributed by atoms with E-state index in [1.54, 1.807) is 12.3 Å². The number of hydrazine groups is 1. The Morgan fingerprint density at radius 3 is 3.00 bits per heavy atom. The molecule has 2 aromatic heterocycles.